The van der Waals surface area contributed by atoms with Crippen LogP contribution in [0.1, 0.15) is 19.8 Å². The molecule has 1 aliphatic heterocycles. The second-order valence-corrected chi connectivity index (χ2v) is 5.71. The van der Waals surface area contributed by atoms with Gasteiger partial charge in [0.25, 0.3) is 0 Å². The first-order chi connectivity index (χ1) is 7.70. The number of hydrogen-bond donors (Lipinski definition) is 1. The molecule has 1 aliphatic carbocycles. The summed E-state index contributed by atoms with van der Waals surface area (Å²) in [7, 11) is 4.34. The summed E-state index contributed by atoms with van der Waals surface area (Å²) >= 11 is 0. The fourth-order valence-electron chi connectivity index (χ4n) is 2.81. The molecule has 2 aliphatic rings. The maximum atomic E-state index is 5.47. The van der Waals surface area contributed by atoms with E-state index < -0.39 is 0 Å². The Bertz CT molecular complexity index is 216. The number of hydrogen-bond acceptors (Lipinski definition) is 3. The molecular formula is C13H26N2O. The molecule has 3 nitrogen and oxygen atoms in total. The normalized spacial score (nSPS) is 35.6. The molecule has 94 valence electrons. The first-order valence-corrected chi connectivity index (χ1v) is 6.64. The van der Waals surface area contributed by atoms with Gasteiger partial charge in [0, 0.05) is 31.7 Å². The molecule has 0 radical (unpaired) electrons. The van der Waals surface area contributed by atoms with Gasteiger partial charge in [-0.05, 0) is 38.8 Å². The van der Waals surface area contributed by atoms with Crippen molar-refractivity contribution >= 4 is 0 Å². The Balaban J connectivity index is 1.72. The van der Waals surface area contributed by atoms with Crippen LogP contribution < -0.4 is 5.32 Å². The third kappa shape index (κ3) is 3.19. The Morgan fingerprint density at radius 1 is 1.50 bits per heavy atom. The highest BCUT2D eigenvalue weighted by Gasteiger charge is 2.34. The van der Waals surface area contributed by atoms with Crippen molar-refractivity contribution in [2.24, 2.45) is 17.8 Å². The van der Waals surface area contributed by atoms with Crippen LogP contribution in [0, 0.1) is 17.8 Å². The predicted molar refractivity (Wildman–Crippen MR) is 66.5 cm³/mol. The fraction of sp³-hybridized carbons (Fsp3) is 1.00. The minimum absolute atomic E-state index is 0.599. The van der Waals surface area contributed by atoms with Crippen LogP contribution in [-0.4, -0.2) is 51.3 Å². The highest BCUT2D eigenvalue weighted by Crippen LogP contribution is 2.38. The zero-order chi connectivity index (χ0) is 11.5. The van der Waals surface area contributed by atoms with Crippen molar-refractivity contribution in [2.75, 3.05) is 40.4 Å². The van der Waals surface area contributed by atoms with E-state index in [1.54, 1.807) is 0 Å². The lowest BCUT2D eigenvalue weighted by Gasteiger charge is -2.27. The van der Waals surface area contributed by atoms with Crippen LogP contribution in [0.4, 0.5) is 0 Å². The highest BCUT2D eigenvalue weighted by atomic mass is 16.5. The Kier molecular flexibility index (Phi) is 4.22. The van der Waals surface area contributed by atoms with Gasteiger partial charge in [0.05, 0.1) is 6.61 Å². The average Bonchev–Trinajstić information content (AvgIpc) is 2.77. The van der Waals surface area contributed by atoms with Crippen molar-refractivity contribution in [3.63, 3.8) is 0 Å². The maximum Gasteiger partial charge on any atom is 0.0510 e. The first kappa shape index (κ1) is 12.3. The van der Waals surface area contributed by atoms with Gasteiger partial charge in [0.1, 0.15) is 0 Å². The summed E-state index contributed by atoms with van der Waals surface area (Å²) in [5, 5.41) is 3.46. The van der Waals surface area contributed by atoms with Crippen LogP contribution in [0.15, 0.2) is 0 Å². The van der Waals surface area contributed by atoms with E-state index in [2.05, 4.69) is 31.2 Å². The van der Waals surface area contributed by atoms with Crippen molar-refractivity contribution in [3.8, 4) is 0 Å². The van der Waals surface area contributed by atoms with E-state index in [9.17, 15) is 0 Å². The standard InChI is InChI=1S/C13H26N2O/c1-10-6-12(10)7-15(3)8-13(14-2)11-4-5-16-9-11/h10-14H,4-9H2,1-3H3. The van der Waals surface area contributed by atoms with Gasteiger partial charge in [0.15, 0.2) is 0 Å². The quantitative estimate of drug-likeness (QED) is 0.736. The SMILES string of the molecule is CNC(CN(C)CC1CC1C)C1CCOC1. The van der Waals surface area contributed by atoms with Crippen molar-refractivity contribution < 1.29 is 4.74 Å². The highest BCUT2D eigenvalue weighted by molar-refractivity contribution is 4.86. The van der Waals surface area contributed by atoms with Crippen molar-refractivity contribution in [1.29, 1.82) is 0 Å². The lowest BCUT2D eigenvalue weighted by atomic mass is 9.98. The minimum Gasteiger partial charge on any atom is -0.381 e. The second kappa shape index (κ2) is 5.48. The van der Waals surface area contributed by atoms with Gasteiger partial charge in [0.2, 0.25) is 0 Å². The Labute approximate surface area is 99.5 Å². The fourth-order valence-corrected chi connectivity index (χ4v) is 2.81. The molecule has 2 fully saturated rings. The molecule has 4 unspecified atom stereocenters. The molecular weight excluding hydrogens is 200 g/mol. The summed E-state index contributed by atoms with van der Waals surface area (Å²) < 4.78 is 5.47. The van der Waals surface area contributed by atoms with Gasteiger partial charge >= 0.3 is 0 Å². The lowest BCUT2D eigenvalue weighted by Crippen LogP contribution is -2.43. The van der Waals surface area contributed by atoms with E-state index >= 15 is 0 Å². The second-order valence-electron chi connectivity index (χ2n) is 5.71. The molecule has 1 saturated carbocycles. The van der Waals surface area contributed by atoms with Gasteiger partial charge in [-0.15, -0.1) is 0 Å². The van der Waals surface area contributed by atoms with E-state index in [0.29, 0.717) is 12.0 Å². The number of ether oxygens (including phenoxy) is 1. The van der Waals surface area contributed by atoms with Gasteiger partial charge < -0.3 is 15.0 Å². The smallest absolute Gasteiger partial charge is 0.0510 e. The van der Waals surface area contributed by atoms with E-state index in [0.717, 1.165) is 31.6 Å². The van der Waals surface area contributed by atoms with Gasteiger partial charge in [-0.25, -0.2) is 0 Å². The number of nitrogens with one attached hydrogen (secondary N) is 1. The van der Waals surface area contributed by atoms with Crippen LogP contribution in [-0.2, 0) is 4.74 Å². The Morgan fingerprint density at radius 2 is 2.25 bits per heavy atom. The van der Waals surface area contributed by atoms with E-state index in [1.807, 2.05) is 0 Å². The van der Waals surface area contributed by atoms with E-state index in [1.165, 1.54) is 19.4 Å². The third-order valence-corrected chi connectivity index (χ3v) is 4.24. The molecule has 0 aromatic rings. The molecule has 1 N–H and O–H groups in total. The lowest BCUT2D eigenvalue weighted by molar-refractivity contribution is 0.167. The first-order valence-electron chi connectivity index (χ1n) is 6.64. The Hall–Kier alpha value is -0.120. The minimum atomic E-state index is 0.599. The van der Waals surface area contributed by atoms with Crippen LogP contribution in [0.2, 0.25) is 0 Å². The largest absolute Gasteiger partial charge is 0.381 e. The van der Waals surface area contributed by atoms with Crippen LogP contribution in [0.5, 0.6) is 0 Å². The predicted octanol–water partition coefficient (Wildman–Crippen LogP) is 1.20. The summed E-state index contributed by atoms with van der Waals surface area (Å²) in [5.74, 6) is 2.64. The molecule has 2 rings (SSSR count). The Morgan fingerprint density at radius 3 is 2.75 bits per heavy atom. The number of likely N-dealkylation sites (N-methyl/N-ethyl adjacent to an activating group) is 2. The molecule has 0 spiro atoms. The third-order valence-electron chi connectivity index (χ3n) is 4.24. The van der Waals surface area contributed by atoms with Crippen LogP contribution in [0.25, 0.3) is 0 Å². The zero-order valence-electron chi connectivity index (χ0n) is 10.9. The molecule has 4 atom stereocenters. The maximum absolute atomic E-state index is 5.47. The summed E-state index contributed by atoms with van der Waals surface area (Å²) in [6, 6.07) is 0.599. The van der Waals surface area contributed by atoms with E-state index in [4.69, 9.17) is 4.74 Å². The molecule has 1 saturated heterocycles. The molecule has 1 heterocycles. The average molecular weight is 226 g/mol. The molecule has 0 aromatic carbocycles. The zero-order valence-corrected chi connectivity index (χ0v) is 10.9. The van der Waals surface area contributed by atoms with Gasteiger partial charge in [-0.2, -0.15) is 0 Å². The van der Waals surface area contributed by atoms with Crippen molar-refractivity contribution in [3.05, 3.63) is 0 Å². The van der Waals surface area contributed by atoms with Crippen molar-refractivity contribution in [1.82, 2.24) is 10.2 Å². The number of nitrogens with zero attached hydrogens (tertiary/aromatic N) is 1. The summed E-state index contributed by atoms with van der Waals surface area (Å²) in [4.78, 5) is 2.49. The van der Waals surface area contributed by atoms with Gasteiger partial charge in [-0.1, -0.05) is 6.92 Å². The van der Waals surface area contributed by atoms with Crippen LogP contribution >= 0.6 is 0 Å². The van der Waals surface area contributed by atoms with Gasteiger partial charge in [-0.3, -0.25) is 0 Å². The molecule has 0 amide bonds. The molecule has 16 heavy (non-hydrogen) atoms. The topological polar surface area (TPSA) is 24.5 Å². The summed E-state index contributed by atoms with van der Waals surface area (Å²) in [5.41, 5.74) is 0. The number of rotatable bonds is 6. The summed E-state index contributed by atoms with van der Waals surface area (Å²) in [6.07, 6.45) is 2.65. The summed E-state index contributed by atoms with van der Waals surface area (Å²) in [6.45, 7) is 6.69. The molecule has 0 bridgehead atoms. The van der Waals surface area contributed by atoms with E-state index in [-0.39, 0.29) is 0 Å². The van der Waals surface area contributed by atoms with Crippen molar-refractivity contribution in [2.45, 2.75) is 25.8 Å². The molecule has 3 heteroatoms. The van der Waals surface area contributed by atoms with Crippen LogP contribution in [0.3, 0.4) is 0 Å². The monoisotopic (exact) mass is 226 g/mol. The molecule has 0 aromatic heterocycles.